The number of Topliss-reactive ketones (excluding diaryl/α,β-unsaturated/α-hetero) is 1. The number of carbonyl (C=O) groups excluding carboxylic acids is 1. The van der Waals surface area contributed by atoms with Gasteiger partial charge in [-0.15, -0.1) is 0 Å². The second-order valence-electron chi connectivity index (χ2n) is 2.12. The Morgan fingerprint density at radius 2 is 1.70 bits per heavy atom. The van der Waals surface area contributed by atoms with E-state index in [4.69, 9.17) is 0 Å². The lowest BCUT2D eigenvalue weighted by Gasteiger charge is -1.77. The smallest absolute Gasteiger partial charge is 0.126 e. The first-order valence-electron chi connectivity index (χ1n) is 3.41. The summed E-state index contributed by atoms with van der Waals surface area (Å²) in [7, 11) is 0. The maximum atomic E-state index is 9.44. The number of unbranched alkanes of at least 4 members (excludes halogenated alkanes) is 1. The molecule has 3 N–H and O–H groups in total. The molecule has 10 heavy (non-hydrogen) atoms. The molecule has 0 aromatic heterocycles. The third-order valence-corrected chi connectivity index (χ3v) is 0.604. The Morgan fingerprint density at radius 1 is 1.40 bits per heavy atom. The fraction of sp³-hybridized carbons (Fsp3) is 0.857. The van der Waals surface area contributed by atoms with E-state index in [0.29, 0.717) is 0 Å². The molecule has 0 aromatic carbocycles. The van der Waals surface area contributed by atoms with E-state index in [1.807, 2.05) is 0 Å². The van der Waals surface area contributed by atoms with Crippen molar-refractivity contribution >= 4 is 5.78 Å². The zero-order valence-corrected chi connectivity index (χ0v) is 7.87. The van der Waals surface area contributed by atoms with Crippen LogP contribution >= 0.6 is 0 Å². The molecular weight excluding hydrogens is 150 g/mol. The monoisotopic (exact) mass is 167 g/mol. The Hall–Kier alpha value is -0.0800. The molecule has 0 bridgehead atoms. The molecule has 0 radical (unpaired) electrons. The van der Waals surface area contributed by atoms with E-state index in [9.17, 15) is 4.79 Å². The van der Waals surface area contributed by atoms with Gasteiger partial charge in [-0.3, -0.25) is 0 Å². The molecule has 0 saturated heterocycles. The van der Waals surface area contributed by atoms with Crippen LogP contribution in [-0.4, -0.2) is 12.3 Å². The van der Waals surface area contributed by atoms with Crippen LogP contribution in [0, 0.1) is 0 Å². The quantitative estimate of drug-likeness (QED) is 0.491. The molecule has 0 rings (SSSR count). The summed E-state index contributed by atoms with van der Waals surface area (Å²) in [6.07, 6.45) is 2.56. The first-order valence-corrected chi connectivity index (χ1v) is 3.41. The fourth-order valence-electron chi connectivity index (χ4n) is 0.250. The number of halogens is 1. The van der Waals surface area contributed by atoms with Gasteiger partial charge in [0.2, 0.25) is 0 Å². The van der Waals surface area contributed by atoms with E-state index in [0.717, 1.165) is 6.54 Å². The van der Waals surface area contributed by atoms with Crippen molar-refractivity contribution in [2.75, 3.05) is 6.54 Å². The minimum absolute atomic E-state index is 0. The molecule has 0 spiro atoms. The van der Waals surface area contributed by atoms with Crippen LogP contribution in [0.5, 0.6) is 0 Å². The molecule has 0 aromatic rings. The van der Waals surface area contributed by atoms with E-state index >= 15 is 0 Å². The van der Waals surface area contributed by atoms with Crippen molar-refractivity contribution in [1.29, 1.82) is 0 Å². The highest BCUT2D eigenvalue weighted by Gasteiger charge is 1.71. The first kappa shape index (κ1) is 16.5. The zero-order chi connectivity index (χ0) is 7.70. The Morgan fingerprint density at radius 3 is 1.70 bits per heavy atom. The normalized spacial score (nSPS) is 6.80. The number of rotatable bonds is 2. The van der Waals surface area contributed by atoms with Gasteiger partial charge in [0.25, 0.3) is 0 Å². The van der Waals surface area contributed by atoms with Crippen LogP contribution < -0.4 is 18.1 Å². The van der Waals surface area contributed by atoms with Crippen LogP contribution in [-0.2, 0) is 4.79 Å². The van der Waals surface area contributed by atoms with Crippen molar-refractivity contribution in [2.45, 2.75) is 33.6 Å². The highest BCUT2D eigenvalue weighted by atomic mass is 35.5. The van der Waals surface area contributed by atoms with E-state index in [1.165, 1.54) is 26.7 Å². The molecule has 0 unspecified atom stereocenters. The predicted molar refractivity (Wildman–Crippen MR) is 39.0 cm³/mol. The molecule has 0 heterocycles. The van der Waals surface area contributed by atoms with Crippen LogP contribution in [0.3, 0.4) is 0 Å². The molecule has 0 aliphatic carbocycles. The number of quaternary nitrogens is 1. The lowest BCUT2D eigenvalue weighted by molar-refractivity contribution is -0.368. The second-order valence-corrected chi connectivity index (χ2v) is 2.12. The van der Waals surface area contributed by atoms with E-state index in [1.54, 1.807) is 0 Å². The minimum atomic E-state index is 0. The molecule has 0 saturated carbocycles. The summed E-state index contributed by atoms with van der Waals surface area (Å²) in [5, 5.41) is 0. The Bertz CT molecular complexity index is 60.6. The number of ketones is 1. The standard InChI is InChI=1S/C4H11N.C3H6O.ClH/c1-2-3-4-5;1-3(2)4;/h2-5H2,1H3;1-2H3;1H. The Kier molecular flexibility index (Phi) is 26.3. The second kappa shape index (κ2) is 16.0. The van der Waals surface area contributed by atoms with Gasteiger partial charge in [0, 0.05) is 0 Å². The largest absolute Gasteiger partial charge is 1.00 e. The Labute approximate surface area is 69.6 Å². The Balaban J connectivity index is -0.0000000910. The highest BCUT2D eigenvalue weighted by Crippen LogP contribution is 1.75. The average Bonchev–Trinajstić information content (AvgIpc) is 1.66. The van der Waals surface area contributed by atoms with Crippen molar-refractivity contribution in [2.24, 2.45) is 0 Å². The van der Waals surface area contributed by atoms with Gasteiger partial charge in [0.05, 0.1) is 6.54 Å². The summed E-state index contributed by atoms with van der Waals surface area (Å²) in [6, 6.07) is 0. The van der Waals surface area contributed by atoms with Gasteiger partial charge >= 0.3 is 0 Å². The maximum Gasteiger partial charge on any atom is 0.126 e. The first-order chi connectivity index (χ1) is 4.15. The molecule has 0 atom stereocenters. The number of carbonyl (C=O) groups is 1. The van der Waals surface area contributed by atoms with Crippen LogP contribution in [0.15, 0.2) is 0 Å². The van der Waals surface area contributed by atoms with E-state index in [2.05, 4.69) is 12.7 Å². The zero-order valence-electron chi connectivity index (χ0n) is 7.11. The molecule has 3 heteroatoms. The van der Waals surface area contributed by atoms with Crippen LogP contribution in [0.25, 0.3) is 0 Å². The van der Waals surface area contributed by atoms with Gasteiger partial charge in [0.1, 0.15) is 5.78 Å². The lowest BCUT2D eigenvalue weighted by Crippen LogP contribution is -3.00. The summed E-state index contributed by atoms with van der Waals surface area (Å²) in [6.45, 7) is 6.32. The van der Waals surface area contributed by atoms with Gasteiger partial charge in [-0.2, -0.15) is 0 Å². The average molecular weight is 168 g/mol. The van der Waals surface area contributed by atoms with Crippen molar-refractivity contribution in [3.05, 3.63) is 0 Å². The topological polar surface area (TPSA) is 44.7 Å². The molecule has 64 valence electrons. The minimum Gasteiger partial charge on any atom is -1.00 e. The molecule has 0 aliphatic rings. The van der Waals surface area contributed by atoms with Crippen LogP contribution in [0.4, 0.5) is 0 Å². The third-order valence-electron chi connectivity index (χ3n) is 0.604. The summed E-state index contributed by atoms with van der Waals surface area (Å²) in [5.41, 5.74) is 3.68. The van der Waals surface area contributed by atoms with E-state index in [-0.39, 0.29) is 18.2 Å². The van der Waals surface area contributed by atoms with Crippen molar-refractivity contribution < 1.29 is 22.9 Å². The number of hydrogen-bond donors (Lipinski definition) is 1. The molecular formula is C7H18ClNO. The lowest BCUT2D eigenvalue weighted by atomic mass is 10.3. The van der Waals surface area contributed by atoms with Gasteiger partial charge in [-0.05, 0) is 20.3 Å². The van der Waals surface area contributed by atoms with Gasteiger partial charge in [0.15, 0.2) is 0 Å². The maximum absolute atomic E-state index is 9.44. The molecule has 0 amide bonds. The number of hydrogen-bond acceptors (Lipinski definition) is 1. The highest BCUT2D eigenvalue weighted by molar-refractivity contribution is 5.72. The van der Waals surface area contributed by atoms with Crippen LogP contribution in [0.1, 0.15) is 33.6 Å². The van der Waals surface area contributed by atoms with Crippen molar-refractivity contribution in [1.82, 2.24) is 0 Å². The van der Waals surface area contributed by atoms with Crippen LogP contribution in [0.2, 0.25) is 0 Å². The van der Waals surface area contributed by atoms with E-state index < -0.39 is 0 Å². The summed E-state index contributed by atoms with van der Waals surface area (Å²) in [4.78, 5) is 9.44. The predicted octanol–water partition coefficient (Wildman–Crippen LogP) is -2.37. The summed E-state index contributed by atoms with van der Waals surface area (Å²) >= 11 is 0. The molecule has 0 aliphatic heterocycles. The fourth-order valence-corrected chi connectivity index (χ4v) is 0.250. The van der Waals surface area contributed by atoms with Gasteiger partial charge in [-0.1, -0.05) is 13.3 Å². The molecule has 2 nitrogen and oxygen atoms in total. The van der Waals surface area contributed by atoms with Crippen molar-refractivity contribution in [3.63, 3.8) is 0 Å². The van der Waals surface area contributed by atoms with Gasteiger partial charge < -0.3 is 22.9 Å². The molecule has 0 fully saturated rings. The van der Waals surface area contributed by atoms with Crippen molar-refractivity contribution in [3.8, 4) is 0 Å². The van der Waals surface area contributed by atoms with Gasteiger partial charge in [-0.25, -0.2) is 0 Å². The SMILES string of the molecule is CC(C)=O.CCCC[NH3+].[Cl-]. The summed E-state index contributed by atoms with van der Waals surface area (Å²) in [5.74, 6) is 0.167. The third kappa shape index (κ3) is 103. The summed E-state index contributed by atoms with van der Waals surface area (Å²) < 4.78 is 0.